The Labute approximate surface area is 286 Å². The van der Waals surface area contributed by atoms with Gasteiger partial charge in [0.15, 0.2) is 0 Å². The molecule has 3 aliphatic rings. The van der Waals surface area contributed by atoms with Gasteiger partial charge in [0.2, 0.25) is 17.7 Å². The van der Waals surface area contributed by atoms with Crippen molar-refractivity contribution in [1.82, 2.24) is 24.8 Å². The Bertz CT molecular complexity index is 1740. The number of benzene rings is 2. The predicted molar refractivity (Wildman–Crippen MR) is 184 cm³/mol. The van der Waals surface area contributed by atoms with E-state index < -0.39 is 35.1 Å². The smallest absolute Gasteiger partial charge is 0.250 e. The highest BCUT2D eigenvalue weighted by Crippen LogP contribution is 2.66. The lowest BCUT2D eigenvalue weighted by Crippen LogP contribution is -2.59. The zero-order chi connectivity index (χ0) is 35.1. The molecule has 0 saturated carbocycles. The summed E-state index contributed by atoms with van der Waals surface area (Å²) < 4.78 is 14.3. The maximum atomic E-state index is 15.0. The van der Waals surface area contributed by atoms with Gasteiger partial charge in [-0.3, -0.25) is 14.4 Å². The number of fused-ring (bicyclic) bond motifs is 2. The van der Waals surface area contributed by atoms with Crippen molar-refractivity contribution in [2.45, 2.75) is 70.5 Å². The van der Waals surface area contributed by atoms with E-state index in [1.807, 2.05) is 76.2 Å². The minimum atomic E-state index is -1.30. The van der Waals surface area contributed by atoms with Gasteiger partial charge in [-0.1, -0.05) is 43.3 Å². The Morgan fingerprint density at radius 3 is 2.49 bits per heavy atom. The molecule has 2 bridgehead atoms. The minimum Gasteiger partial charge on any atom is -0.494 e. The molecule has 3 saturated heterocycles. The molecular formula is C37H46N6O6. The van der Waals surface area contributed by atoms with Crippen LogP contribution in [0.3, 0.4) is 0 Å². The first-order chi connectivity index (χ1) is 23.6. The fourth-order valence-electron chi connectivity index (χ4n) is 8.38. The van der Waals surface area contributed by atoms with Gasteiger partial charge in [0.05, 0.1) is 42.2 Å². The van der Waals surface area contributed by atoms with E-state index in [1.165, 1.54) is 4.90 Å². The van der Waals surface area contributed by atoms with Crippen molar-refractivity contribution in [3.63, 3.8) is 0 Å². The highest BCUT2D eigenvalue weighted by Gasteiger charge is 2.80. The number of hydrogen-bond acceptors (Lipinski definition) is 8. The third-order valence-electron chi connectivity index (χ3n) is 10.8. The minimum absolute atomic E-state index is 0.0561. The van der Waals surface area contributed by atoms with E-state index in [0.29, 0.717) is 36.4 Å². The standard InChI is InChI=1S/C37H46N6O6/c1-7-19-40(23-42-29-14-12-11-13-28(29)38-39-42)35(47)32-37-21-24(5)36(6,49-37)30(31(37)34(46)43(32)25(9-3)22-44)33(45)41(20-8-2)26-15-17-27(18-16-26)48-10-4/h7-8,11-18,24-25,30-32,44H,1-2,9-10,19-23H2,3-6H3/t24?,25-,30+,31-,32?,36-,37?/m0/s1. The number of para-hydroxylation sites is 1. The normalized spacial score (nSPS) is 27.6. The van der Waals surface area contributed by atoms with Gasteiger partial charge in [0.25, 0.3) is 0 Å². The van der Waals surface area contributed by atoms with Crippen LogP contribution in [-0.4, -0.2) is 97.2 Å². The Kier molecular flexibility index (Phi) is 9.38. The number of nitrogens with zero attached hydrogens (tertiary/aromatic N) is 6. The van der Waals surface area contributed by atoms with Crippen LogP contribution in [0.2, 0.25) is 0 Å². The molecular weight excluding hydrogens is 624 g/mol. The van der Waals surface area contributed by atoms with Crippen molar-refractivity contribution in [1.29, 1.82) is 0 Å². The van der Waals surface area contributed by atoms with Crippen LogP contribution in [0.1, 0.15) is 40.5 Å². The molecule has 3 aromatic rings. The fourth-order valence-corrected chi connectivity index (χ4v) is 8.38. The van der Waals surface area contributed by atoms with Crippen molar-refractivity contribution in [2.24, 2.45) is 17.8 Å². The van der Waals surface area contributed by atoms with E-state index in [-0.39, 0.29) is 50.0 Å². The lowest BCUT2D eigenvalue weighted by Gasteiger charge is -2.39. The van der Waals surface area contributed by atoms with Gasteiger partial charge in [-0.25, -0.2) is 4.68 Å². The van der Waals surface area contributed by atoms with Crippen molar-refractivity contribution in [2.75, 3.05) is 31.2 Å². The maximum absolute atomic E-state index is 15.0. The topological polar surface area (TPSA) is 130 Å². The first-order valence-corrected chi connectivity index (χ1v) is 17.1. The summed E-state index contributed by atoms with van der Waals surface area (Å²) >= 11 is 0. The number of ether oxygens (including phenoxy) is 2. The number of rotatable bonds is 14. The third-order valence-corrected chi connectivity index (χ3v) is 10.8. The molecule has 7 atom stereocenters. The van der Waals surface area contributed by atoms with Crippen molar-refractivity contribution in [3.05, 3.63) is 73.8 Å². The number of likely N-dealkylation sites (tertiary alicyclic amines) is 1. The lowest BCUT2D eigenvalue weighted by molar-refractivity contribution is -0.156. The quantitative estimate of drug-likeness (QED) is 0.257. The second kappa shape index (κ2) is 13.4. The molecule has 6 rings (SSSR count). The number of aromatic nitrogens is 3. The summed E-state index contributed by atoms with van der Waals surface area (Å²) in [5, 5.41) is 19.1. The van der Waals surface area contributed by atoms with Gasteiger partial charge < -0.3 is 29.3 Å². The maximum Gasteiger partial charge on any atom is 0.250 e. The summed E-state index contributed by atoms with van der Waals surface area (Å²) in [4.78, 5) is 49.4. The van der Waals surface area contributed by atoms with Crippen LogP contribution in [0, 0.1) is 17.8 Å². The van der Waals surface area contributed by atoms with Crippen LogP contribution in [0.4, 0.5) is 5.69 Å². The number of amides is 3. The van der Waals surface area contributed by atoms with Gasteiger partial charge in [-0.15, -0.1) is 18.3 Å². The summed E-state index contributed by atoms with van der Waals surface area (Å²) in [6.07, 6.45) is 4.09. The predicted octanol–water partition coefficient (Wildman–Crippen LogP) is 3.80. The van der Waals surface area contributed by atoms with E-state index in [9.17, 15) is 19.5 Å². The molecule has 49 heavy (non-hydrogen) atoms. The number of carbonyl (C=O) groups is 3. The van der Waals surface area contributed by atoms with E-state index in [4.69, 9.17) is 9.47 Å². The molecule has 1 spiro atoms. The number of carbonyl (C=O) groups excluding carboxylic acids is 3. The van der Waals surface area contributed by atoms with Gasteiger partial charge in [-0.05, 0) is 69.0 Å². The average molecular weight is 671 g/mol. The number of hydrogen-bond donors (Lipinski definition) is 1. The molecule has 1 aromatic heterocycles. The zero-order valence-electron chi connectivity index (χ0n) is 28.7. The monoisotopic (exact) mass is 670 g/mol. The van der Waals surface area contributed by atoms with Crippen LogP contribution in [-0.2, 0) is 25.8 Å². The van der Waals surface area contributed by atoms with E-state index in [2.05, 4.69) is 23.5 Å². The van der Waals surface area contributed by atoms with Gasteiger partial charge in [-0.2, -0.15) is 0 Å². The molecule has 3 fully saturated rings. The Balaban J connectivity index is 1.42. The molecule has 0 aliphatic carbocycles. The Morgan fingerprint density at radius 2 is 1.84 bits per heavy atom. The van der Waals surface area contributed by atoms with Crippen molar-refractivity contribution >= 4 is 34.4 Å². The van der Waals surface area contributed by atoms with Gasteiger partial charge in [0.1, 0.15) is 29.6 Å². The first-order valence-electron chi connectivity index (χ1n) is 17.1. The average Bonchev–Trinajstić information content (AvgIpc) is 3.77. The van der Waals surface area contributed by atoms with Gasteiger partial charge in [0, 0.05) is 18.8 Å². The van der Waals surface area contributed by atoms with Crippen LogP contribution in [0.15, 0.2) is 73.8 Å². The second-order valence-corrected chi connectivity index (χ2v) is 13.4. The van der Waals surface area contributed by atoms with Crippen LogP contribution < -0.4 is 9.64 Å². The Morgan fingerprint density at radius 1 is 1.12 bits per heavy atom. The molecule has 3 aliphatic heterocycles. The van der Waals surface area contributed by atoms with E-state index in [0.717, 1.165) is 5.52 Å². The summed E-state index contributed by atoms with van der Waals surface area (Å²) in [6, 6.07) is 13.0. The molecule has 0 radical (unpaired) electrons. The summed E-state index contributed by atoms with van der Waals surface area (Å²) in [7, 11) is 0. The summed E-state index contributed by atoms with van der Waals surface area (Å²) in [5.41, 5.74) is -0.251. The highest BCUT2D eigenvalue weighted by atomic mass is 16.5. The molecule has 12 nitrogen and oxygen atoms in total. The molecule has 260 valence electrons. The van der Waals surface area contributed by atoms with Crippen molar-refractivity contribution in [3.8, 4) is 5.75 Å². The lowest BCUT2D eigenvalue weighted by atomic mass is 9.62. The molecule has 1 N–H and O–H groups in total. The molecule has 3 amide bonds. The van der Waals surface area contributed by atoms with Crippen LogP contribution in [0.5, 0.6) is 5.75 Å². The van der Waals surface area contributed by atoms with E-state index in [1.54, 1.807) is 26.6 Å². The number of aliphatic hydroxyl groups excluding tert-OH is 1. The number of aliphatic hydroxyl groups is 1. The first kappa shape index (κ1) is 34.3. The highest BCUT2D eigenvalue weighted by molar-refractivity contribution is 6.03. The molecule has 2 aromatic carbocycles. The SMILES string of the molecule is C=CCN(Cn1nnc2ccccc21)C(=O)C1N([C@@H](CC)CO)C(=O)[C@@H]2[C@H](C(=O)N(CC=C)c3ccc(OCC)cc3)[C@@]3(C)OC12CC3C. The van der Waals surface area contributed by atoms with Crippen LogP contribution >= 0.6 is 0 Å². The largest absolute Gasteiger partial charge is 0.494 e. The van der Waals surface area contributed by atoms with Crippen molar-refractivity contribution < 1.29 is 29.0 Å². The fraction of sp³-hybridized carbons (Fsp3) is 0.486. The molecule has 4 heterocycles. The molecule has 12 heteroatoms. The third kappa shape index (κ3) is 5.41. The van der Waals surface area contributed by atoms with Gasteiger partial charge >= 0.3 is 0 Å². The zero-order valence-corrected chi connectivity index (χ0v) is 28.7. The van der Waals surface area contributed by atoms with Crippen LogP contribution in [0.25, 0.3) is 11.0 Å². The summed E-state index contributed by atoms with van der Waals surface area (Å²) in [5.74, 6) is -2.30. The van der Waals surface area contributed by atoms with E-state index >= 15 is 0 Å². The Hall–Kier alpha value is -4.55. The second-order valence-electron chi connectivity index (χ2n) is 13.4. The molecule has 3 unspecified atom stereocenters. The number of anilines is 1. The summed E-state index contributed by atoms with van der Waals surface area (Å²) in [6.45, 7) is 16.1.